The molecular weight excluding hydrogens is 192 g/mol. The number of nitrogen functional groups attached to an aromatic ring is 1. The lowest BCUT2D eigenvalue weighted by Crippen LogP contribution is -2.29. The third-order valence-electron chi connectivity index (χ3n) is 2.56. The van der Waals surface area contributed by atoms with E-state index in [1.807, 2.05) is 7.05 Å². The zero-order valence-corrected chi connectivity index (χ0v) is 8.60. The number of carbonyl (C=O) groups is 1. The molecule has 80 valence electrons. The predicted molar refractivity (Wildman–Crippen MR) is 57.2 cm³/mol. The summed E-state index contributed by atoms with van der Waals surface area (Å²) < 4.78 is 0. The molecule has 0 unspecified atom stereocenters. The van der Waals surface area contributed by atoms with E-state index in [2.05, 4.69) is 10.4 Å². The quantitative estimate of drug-likeness (QED) is 0.561. The van der Waals surface area contributed by atoms with E-state index in [1.54, 1.807) is 23.2 Å². The molecule has 1 aliphatic rings. The smallest absolute Gasteiger partial charge is 0.272 e. The Hall–Kier alpha value is -1.62. The molecule has 1 fully saturated rings. The predicted octanol–water partition coefficient (Wildman–Crippen LogP) is 0.602. The van der Waals surface area contributed by atoms with Gasteiger partial charge in [-0.1, -0.05) is 0 Å². The molecule has 1 aromatic rings. The Morgan fingerprint density at radius 1 is 1.60 bits per heavy atom. The van der Waals surface area contributed by atoms with Crippen molar-refractivity contribution >= 4 is 11.6 Å². The van der Waals surface area contributed by atoms with Crippen LogP contribution in [-0.2, 0) is 0 Å². The summed E-state index contributed by atoms with van der Waals surface area (Å²) in [5.41, 5.74) is 3.63. The molecule has 5 heteroatoms. The van der Waals surface area contributed by atoms with Crippen LogP contribution in [0.4, 0.5) is 5.69 Å². The van der Waals surface area contributed by atoms with E-state index >= 15 is 0 Å². The van der Waals surface area contributed by atoms with Crippen LogP contribution in [-0.4, -0.2) is 28.9 Å². The van der Waals surface area contributed by atoms with Gasteiger partial charge in [-0.15, -0.1) is 0 Å². The van der Waals surface area contributed by atoms with Gasteiger partial charge in [0.25, 0.3) is 5.91 Å². The zero-order chi connectivity index (χ0) is 10.8. The molecule has 15 heavy (non-hydrogen) atoms. The molecule has 0 aliphatic heterocycles. The summed E-state index contributed by atoms with van der Waals surface area (Å²) in [4.78, 5) is 17.6. The molecule has 0 radical (unpaired) electrons. The molecule has 3 N–H and O–H groups in total. The number of rotatable bonds is 3. The largest absolute Gasteiger partial charge is 0.337 e. The van der Waals surface area contributed by atoms with Gasteiger partial charge in [0, 0.05) is 13.1 Å². The van der Waals surface area contributed by atoms with Crippen molar-refractivity contribution in [2.24, 2.45) is 5.84 Å². The topological polar surface area (TPSA) is 71.2 Å². The van der Waals surface area contributed by atoms with Gasteiger partial charge in [0.15, 0.2) is 0 Å². The van der Waals surface area contributed by atoms with Gasteiger partial charge in [0.2, 0.25) is 0 Å². The van der Waals surface area contributed by atoms with E-state index in [4.69, 9.17) is 5.84 Å². The molecule has 1 aromatic heterocycles. The van der Waals surface area contributed by atoms with Crippen LogP contribution in [0.5, 0.6) is 0 Å². The van der Waals surface area contributed by atoms with Gasteiger partial charge in [0.05, 0.1) is 11.9 Å². The van der Waals surface area contributed by atoms with E-state index in [-0.39, 0.29) is 5.91 Å². The molecular formula is C10H14N4O. The van der Waals surface area contributed by atoms with Crippen LogP contribution in [0.2, 0.25) is 0 Å². The highest BCUT2D eigenvalue weighted by molar-refractivity contribution is 5.92. The number of nitrogens with one attached hydrogen (secondary N) is 1. The van der Waals surface area contributed by atoms with Crippen molar-refractivity contribution in [1.29, 1.82) is 0 Å². The Balaban J connectivity index is 2.10. The fourth-order valence-electron chi connectivity index (χ4n) is 1.41. The average Bonchev–Trinajstić information content (AvgIpc) is 3.11. The van der Waals surface area contributed by atoms with Crippen LogP contribution in [0.25, 0.3) is 0 Å². The Morgan fingerprint density at radius 3 is 2.80 bits per heavy atom. The van der Waals surface area contributed by atoms with Crippen molar-refractivity contribution in [3.63, 3.8) is 0 Å². The van der Waals surface area contributed by atoms with E-state index in [9.17, 15) is 4.79 Å². The van der Waals surface area contributed by atoms with Crippen LogP contribution in [0.1, 0.15) is 23.3 Å². The summed E-state index contributed by atoms with van der Waals surface area (Å²) in [7, 11) is 1.82. The summed E-state index contributed by atoms with van der Waals surface area (Å²) in [6.45, 7) is 0. The van der Waals surface area contributed by atoms with Crippen molar-refractivity contribution in [1.82, 2.24) is 9.88 Å². The van der Waals surface area contributed by atoms with Gasteiger partial charge < -0.3 is 10.3 Å². The van der Waals surface area contributed by atoms with Gasteiger partial charge in [0.1, 0.15) is 5.69 Å². The van der Waals surface area contributed by atoms with Crippen LogP contribution in [0.3, 0.4) is 0 Å². The van der Waals surface area contributed by atoms with Crippen LogP contribution < -0.4 is 11.3 Å². The second-order valence-electron chi connectivity index (χ2n) is 3.72. The van der Waals surface area contributed by atoms with Crippen LogP contribution in [0, 0.1) is 0 Å². The minimum atomic E-state index is -0.0268. The van der Waals surface area contributed by atoms with Crippen LogP contribution >= 0.6 is 0 Å². The highest BCUT2D eigenvalue weighted by atomic mass is 16.2. The van der Waals surface area contributed by atoms with E-state index < -0.39 is 0 Å². The van der Waals surface area contributed by atoms with Gasteiger partial charge in [-0.05, 0) is 25.0 Å². The lowest BCUT2D eigenvalue weighted by molar-refractivity contribution is 0.0779. The highest BCUT2D eigenvalue weighted by Crippen LogP contribution is 2.26. The average molecular weight is 206 g/mol. The molecule has 1 heterocycles. The number of amides is 1. The first-order chi connectivity index (χ1) is 7.22. The number of hydrazine groups is 1. The fourth-order valence-corrected chi connectivity index (χ4v) is 1.41. The molecule has 1 aliphatic carbocycles. The number of nitrogens with zero attached hydrogens (tertiary/aromatic N) is 2. The summed E-state index contributed by atoms with van der Waals surface area (Å²) in [6.07, 6.45) is 3.75. The van der Waals surface area contributed by atoms with E-state index in [0.29, 0.717) is 17.4 Å². The summed E-state index contributed by atoms with van der Waals surface area (Å²) in [5, 5.41) is 0. The minimum Gasteiger partial charge on any atom is -0.337 e. The van der Waals surface area contributed by atoms with E-state index in [0.717, 1.165) is 12.8 Å². The molecule has 0 bridgehead atoms. The number of anilines is 1. The van der Waals surface area contributed by atoms with Gasteiger partial charge >= 0.3 is 0 Å². The summed E-state index contributed by atoms with van der Waals surface area (Å²) in [6, 6.07) is 3.82. The molecule has 5 nitrogen and oxygen atoms in total. The number of carbonyl (C=O) groups excluding carboxylic acids is 1. The lowest BCUT2D eigenvalue weighted by Gasteiger charge is -2.15. The van der Waals surface area contributed by atoms with Crippen molar-refractivity contribution in [3.05, 3.63) is 24.0 Å². The first-order valence-electron chi connectivity index (χ1n) is 4.92. The lowest BCUT2D eigenvalue weighted by atomic mass is 10.3. The molecule has 2 rings (SSSR count). The molecule has 1 amide bonds. The van der Waals surface area contributed by atoms with Crippen LogP contribution in [0.15, 0.2) is 18.3 Å². The maximum atomic E-state index is 11.8. The van der Waals surface area contributed by atoms with Crippen molar-refractivity contribution in [2.75, 3.05) is 12.5 Å². The normalized spacial score (nSPS) is 14.8. The second kappa shape index (κ2) is 3.86. The Labute approximate surface area is 88.3 Å². The number of hydrogen-bond acceptors (Lipinski definition) is 4. The van der Waals surface area contributed by atoms with Crippen molar-refractivity contribution < 1.29 is 4.79 Å². The number of hydrogen-bond donors (Lipinski definition) is 2. The third-order valence-corrected chi connectivity index (χ3v) is 2.56. The minimum absolute atomic E-state index is 0.0268. The number of nitrogens with two attached hydrogens (primary N) is 1. The number of pyridine rings is 1. The first kappa shape index (κ1) is 9.92. The fraction of sp³-hybridized carbons (Fsp3) is 0.400. The highest BCUT2D eigenvalue weighted by Gasteiger charge is 2.30. The SMILES string of the molecule is CN(C(=O)c1ccc(NN)cn1)C1CC1. The summed E-state index contributed by atoms with van der Waals surface area (Å²) >= 11 is 0. The zero-order valence-electron chi connectivity index (χ0n) is 8.60. The van der Waals surface area contributed by atoms with Gasteiger partial charge in [-0.3, -0.25) is 10.6 Å². The maximum Gasteiger partial charge on any atom is 0.272 e. The third kappa shape index (κ3) is 2.07. The van der Waals surface area contributed by atoms with Crippen molar-refractivity contribution in [2.45, 2.75) is 18.9 Å². The van der Waals surface area contributed by atoms with Crippen molar-refractivity contribution in [3.8, 4) is 0 Å². The Kier molecular flexibility index (Phi) is 2.55. The molecule has 1 saturated carbocycles. The van der Waals surface area contributed by atoms with Gasteiger partial charge in [-0.25, -0.2) is 4.98 Å². The summed E-state index contributed by atoms with van der Waals surface area (Å²) in [5.74, 6) is 5.18. The second-order valence-corrected chi connectivity index (χ2v) is 3.72. The Morgan fingerprint density at radius 2 is 2.33 bits per heavy atom. The van der Waals surface area contributed by atoms with E-state index in [1.165, 1.54) is 0 Å². The first-order valence-corrected chi connectivity index (χ1v) is 4.92. The van der Waals surface area contributed by atoms with Gasteiger partial charge in [-0.2, -0.15) is 0 Å². The Bertz CT molecular complexity index is 358. The molecule has 0 spiro atoms. The molecule has 0 aromatic carbocycles. The standard InChI is InChI=1S/C10H14N4O/c1-14(8-3-4-8)10(15)9-5-2-7(13-11)6-12-9/h2,5-6,8,13H,3-4,11H2,1H3. The molecule has 0 saturated heterocycles. The monoisotopic (exact) mass is 206 g/mol. The maximum absolute atomic E-state index is 11.8. The molecule has 0 atom stereocenters. The number of aromatic nitrogens is 1.